The van der Waals surface area contributed by atoms with Gasteiger partial charge in [-0.3, -0.25) is 0 Å². The van der Waals surface area contributed by atoms with E-state index in [0.29, 0.717) is 0 Å². The Morgan fingerprint density at radius 2 is 2.00 bits per heavy atom. The van der Waals surface area contributed by atoms with E-state index in [1.54, 1.807) is 12.2 Å². The highest BCUT2D eigenvalue weighted by Crippen LogP contribution is 2.36. The highest BCUT2D eigenvalue weighted by molar-refractivity contribution is 5.88. The Bertz CT molecular complexity index is 611. The summed E-state index contributed by atoms with van der Waals surface area (Å²) < 4.78 is 19.8. The Kier molecular flexibility index (Phi) is 5.15. The number of rotatable bonds is 6. The minimum absolute atomic E-state index is 0.0140. The molecule has 1 saturated carbocycles. The average molecular weight is 302 g/mol. The SMILES string of the molecule is C=C/C=C\C=C\C1(Oc2cc(C(=O)O)ccc2F)CCCC1. The fourth-order valence-corrected chi connectivity index (χ4v) is 2.58. The molecule has 1 aliphatic rings. The molecule has 0 amide bonds. The number of halogens is 1. The van der Waals surface area contributed by atoms with Crippen LogP contribution in [-0.4, -0.2) is 16.7 Å². The quantitative estimate of drug-likeness (QED) is 0.786. The van der Waals surface area contributed by atoms with E-state index in [9.17, 15) is 9.18 Å². The summed E-state index contributed by atoms with van der Waals surface area (Å²) in [5.41, 5.74) is -0.566. The molecular weight excluding hydrogens is 283 g/mol. The van der Waals surface area contributed by atoms with Crippen molar-refractivity contribution in [3.63, 3.8) is 0 Å². The van der Waals surface area contributed by atoms with Crippen molar-refractivity contribution in [2.24, 2.45) is 0 Å². The second kappa shape index (κ2) is 7.07. The summed E-state index contributed by atoms with van der Waals surface area (Å²) >= 11 is 0. The zero-order valence-corrected chi connectivity index (χ0v) is 12.3. The summed E-state index contributed by atoms with van der Waals surface area (Å²) in [6, 6.07) is 3.60. The van der Waals surface area contributed by atoms with Gasteiger partial charge >= 0.3 is 5.97 Å². The number of aromatic carboxylic acids is 1. The minimum Gasteiger partial charge on any atom is -0.480 e. The van der Waals surface area contributed by atoms with Crippen molar-refractivity contribution in [3.8, 4) is 5.75 Å². The zero-order chi connectivity index (χ0) is 16.0. The van der Waals surface area contributed by atoms with Crippen LogP contribution in [0.5, 0.6) is 5.75 Å². The minimum atomic E-state index is -1.10. The van der Waals surface area contributed by atoms with Crippen molar-refractivity contribution in [2.45, 2.75) is 31.3 Å². The fourth-order valence-electron chi connectivity index (χ4n) is 2.58. The summed E-state index contributed by atoms with van der Waals surface area (Å²) in [4.78, 5) is 11.0. The molecule has 116 valence electrons. The third kappa shape index (κ3) is 3.85. The van der Waals surface area contributed by atoms with Gasteiger partial charge in [-0.15, -0.1) is 0 Å². The van der Waals surface area contributed by atoms with Crippen LogP contribution < -0.4 is 4.74 Å². The van der Waals surface area contributed by atoms with Gasteiger partial charge in [0.15, 0.2) is 11.6 Å². The predicted molar refractivity (Wildman–Crippen MR) is 83.7 cm³/mol. The normalized spacial score (nSPS) is 17.1. The molecule has 0 atom stereocenters. The summed E-state index contributed by atoms with van der Waals surface area (Å²) in [5.74, 6) is -1.67. The second-order valence-corrected chi connectivity index (χ2v) is 5.30. The Morgan fingerprint density at radius 1 is 1.27 bits per heavy atom. The third-order valence-corrected chi connectivity index (χ3v) is 3.70. The van der Waals surface area contributed by atoms with Gasteiger partial charge in [-0.2, -0.15) is 0 Å². The molecule has 2 rings (SSSR count). The molecule has 1 aromatic carbocycles. The van der Waals surface area contributed by atoms with Crippen molar-refractivity contribution in [1.29, 1.82) is 0 Å². The van der Waals surface area contributed by atoms with E-state index in [1.807, 2.05) is 18.2 Å². The molecule has 1 fully saturated rings. The molecule has 1 aliphatic carbocycles. The summed E-state index contributed by atoms with van der Waals surface area (Å²) in [5, 5.41) is 9.02. The molecule has 0 aromatic heterocycles. The standard InChI is InChI=1S/C18H19FO3/c1-2-3-4-5-10-18(11-6-7-12-18)22-16-13-14(17(20)21)8-9-15(16)19/h2-5,8-10,13H,1,6-7,11-12H2,(H,20,21)/b4-3-,10-5+. The highest BCUT2D eigenvalue weighted by Gasteiger charge is 2.34. The first kappa shape index (κ1) is 16.0. The van der Waals surface area contributed by atoms with E-state index in [1.165, 1.54) is 12.1 Å². The number of benzene rings is 1. The largest absolute Gasteiger partial charge is 0.480 e. The smallest absolute Gasteiger partial charge is 0.335 e. The Morgan fingerprint density at radius 3 is 2.64 bits per heavy atom. The van der Waals surface area contributed by atoms with E-state index in [0.717, 1.165) is 31.7 Å². The Balaban J connectivity index is 2.26. The molecule has 0 aliphatic heterocycles. The van der Waals surface area contributed by atoms with Gasteiger partial charge < -0.3 is 9.84 Å². The second-order valence-electron chi connectivity index (χ2n) is 5.30. The van der Waals surface area contributed by atoms with Gasteiger partial charge in [0.05, 0.1) is 5.56 Å². The zero-order valence-electron chi connectivity index (χ0n) is 12.3. The van der Waals surface area contributed by atoms with Crippen LogP contribution in [0.15, 0.2) is 55.2 Å². The molecule has 0 heterocycles. The van der Waals surface area contributed by atoms with Crippen molar-refractivity contribution in [1.82, 2.24) is 0 Å². The molecule has 4 heteroatoms. The number of carboxylic acid groups (broad SMARTS) is 1. The van der Waals surface area contributed by atoms with Crippen molar-refractivity contribution in [2.75, 3.05) is 0 Å². The van der Waals surface area contributed by atoms with Crippen LogP contribution >= 0.6 is 0 Å². The summed E-state index contributed by atoms with van der Waals surface area (Å²) in [6.07, 6.45) is 12.6. The summed E-state index contributed by atoms with van der Waals surface area (Å²) in [7, 11) is 0. The number of hydrogen-bond acceptors (Lipinski definition) is 2. The molecular formula is C18H19FO3. The number of carboxylic acids is 1. The monoisotopic (exact) mass is 302 g/mol. The first-order valence-corrected chi connectivity index (χ1v) is 7.25. The third-order valence-electron chi connectivity index (χ3n) is 3.70. The molecule has 1 N–H and O–H groups in total. The highest BCUT2D eigenvalue weighted by atomic mass is 19.1. The van der Waals surface area contributed by atoms with E-state index in [2.05, 4.69) is 6.58 Å². The van der Waals surface area contributed by atoms with Crippen LogP contribution in [0.25, 0.3) is 0 Å². The maximum atomic E-state index is 13.9. The van der Waals surface area contributed by atoms with E-state index in [4.69, 9.17) is 9.84 Å². The summed E-state index contributed by atoms with van der Waals surface area (Å²) in [6.45, 7) is 3.60. The van der Waals surface area contributed by atoms with Gasteiger partial charge in [0.2, 0.25) is 0 Å². The lowest BCUT2D eigenvalue weighted by Gasteiger charge is -2.27. The van der Waals surface area contributed by atoms with Gasteiger partial charge in [-0.25, -0.2) is 9.18 Å². The van der Waals surface area contributed by atoms with Gasteiger partial charge in [0.25, 0.3) is 0 Å². The average Bonchev–Trinajstić information content (AvgIpc) is 2.95. The van der Waals surface area contributed by atoms with Crippen molar-refractivity contribution in [3.05, 3.63) is 66.5 Å². The first-order chi connectivity index (χ1) is 10.6. The predicted octanol–water partition coefficient (Wildman–Crippen LogP) is 4.51. The van der Waals surface area contributed by atoms with E-state index < -0.39 is 17.4 Å². The van der Waals surface area contributed by atoms with Gasteiger partial charge in [-0.1, -0.05) is 30.9 Å². The topological polar surface area (TPSA) is 46.5 Å². The first-order valence-electron chi connectivity index (χ1n) is 7.25. The molecule has 0 bridgehead atoms. The number of allylic oxidation sites excluding steroid dienone is 4. The fraction of sp³-hybridized carbons (Fsp3) is 0.278. The van der Waals surface area contributed by atoms with Gasteiger partial charge in [0, 0.05) is 0 Å². The van der Waals surface area contributed by atoms with Crippen LogP contribution in [0.3, 0.4) is 0 Å². The lowest BCUT2D eigenvalue weighted by Crippen LogP contribution is -2.30. The van der Waals surface area contributed by atoms with Gasteiger partial charge in [-0.05, 0) is 50.0 Å². The van der Waals surface area contributed by atoms with Crippen molar-refractivity contribution >= 4 is 5.97 Å². The van der Waals surface area contributed by atoms with Crippen LogP contribution in [0.1, 0.15) is 36.0 Å². The number of ether oxygens (including phenoxy) is 1. The molecule has 1 aromatic rings. The van der Waals surface area contributed by atoms with E-state index in [-0.39, 0.29) is 11.3 Å². The molecule has 0 saturated heterocycles. The van der Waals surface area contributed by atoms with Crippen LogP contribution in [0.4, 0.5) is 4.39 Å². The van der Waals surface area contributed by atoms with Crippen molar-refractivity contribution < 1.29 is 19.0 Å². The molecule has 0 unspecified atom stereocenters. The maximum Gasteiger partial charge on any atom is 0.335 e. The molecule has 0 radical (unpaired) electrons. The van der Waals surface area contributed by atoms with Gasteiger partial charge in [0.1, 0.15) is 5.60 Å². The molecule has 22 heavy (non-hydrogen) atoms. The lowest BCUT2D eigenvalue weighted by molar-refractivity contribution is 0.0694. The Labute approximate surface area is 129 Å². The van der Waals surface area contributed by atoms with Crippen LogP contribution in [0.2, 0.25) is 0 Å². The number of carbonyl (C=O) groups is 1. The Hall–Kier alpha value is -2.36. The van der Waals surface area contributed by atoms with Crippen LogP contribution in [-0.2, 0) is 0 Å². The molecule has 0 spiro atoms. The van der Waals surface area contributed by atoms with Crippen LogP contribution in [0, 0.1) is 5.82 Å². The maximum absolute atomic E-state index is 13.9. The lowest BCUT2D eigenvalue weighted by atomic mass is 10.0. The number of hydrogen-bond donors (Lipinski definition) is 1. The molecule has 3 nitrogen and oxygen atoms in total. The van der Waals surface area contributed by atoms with E-state index >= 15 is 0 Å².